The fourth-order valence-corrected chi connectivity index (χ4v) is 5.01. The van der Waals surface area contributed by atoms with E-state index in [1.165, 1.54) is 4.88 Å². The molecule has 4 rings (SSSR count). The highest BCUT2D eigenvalue weighted by molar-refractivity contribution is 7.14. The summed E-state index contributed by atoms with van der Waals surface area (Å²) < 4.78 is 0. The molecular formula is C33H33N5S. The molecular weight excluding hydrogens is 498 g/mol. The molecule has 1 aromatic heterocycles. The largest absolute Gasteiger partial charge is 0.315 e. The minimum atomic E-state index is 0.754. The topological polar surface area (TPSA) is 61.1 Å². The second kappa shape index (κ2) is 14.5. The van der Waals surface area contributed by atoms with Crippen molar-refractivity contribution in [1.82, 2.24) is 5.32 Å². The van der Waals surface area contributed by atoms with Gasteiger partial charge in [0.25, 0.3) is 0 Å². The van der Waals surface area contributed by atoms with Crippen LogP contribution in [0.5, 0.6) is 0 Å². The number of hydrogen-bond donors (Lipinski definition) is 2. The van der Waals surface area contributed by atoms with E-state index in [9.17, 15) is 0 Å². The van der Waals surface area contributed by atoms with Crippen LogP contribution < -0.4 is 10.7 Å². The van der Waals surface area contributed by atoms with Crippen LogP contribution in [0.4, 0.5) is 5.69 Å². The summed E-state index contributed by atoms with van der Waals surface area (Å²) in [6, 6.07) is 32.6. The van der Waals surface area contributed by atoms with Crippen molar-refractivity contribution in [1.29, 1.82) is 0 Å². The summed E-state index contributed by atoms with van der Waals surface area (Å²) in [4.78, 5) is 2.13. The second-order valence-corrected chi connectivity index (χ2v) is 9.80. The Morgan fingerprint density at radius 1 is 0.821 bits per heavy atom. The fourth-order valence-electron chi connectivity index (χ4n) is 4.01. The molecule has 0 atom stereocenters. The first-order valence-corrected chi connectivity index (χ1v) is 13.7. The predicted molar refractivity (Wildman–Crippen MR) is 168 cm³/mol. The molecule has 0 fully saturated rings. The van der Waals surface area contributed by atoms with Crippen LogP contribution >= 0.6 is 11.3 Å². The third kappa shape index (κ3) is 7.57. The van der Waals surface area contributed by atoms with Crippen molar-refractivity contribution in [2.45, 2.75) is 20.4 Å². The van der Waals surface area contributed by atoms with Gasteiger partial charge in [-0.15, -0.1) is 16.4 Å². The fraction of sp³-hybridized carbons (Fsp3) is 0.121. The number of hydrogen-bond acceptors (Lipinski definition) is 6. The lowest BCUT2D eigenvalue weighted by Gasteiger charge is -2.09. The molecule has 3 aromatic carbocycles. The number of allylic oxidation sites excluding steroid dienone is 4. The van der Waals surface area contributed by atoms with E-state index in [4.69, 9.17) is 5.10 Å². The first-order valence-electron chi connectivity index (χ1n) is 12.9. The molecule has 0 amide bonds. The van der Waals surface area contributed by atoms with Crippen LogP contribution in [-0.4, -0.2) is 24.7 Å². The quantitative estimate of drug-likeness (QED) is 0.118. The molecule has 0 radical (unpaired) electrons. The van der Waals surface area contributed by atoms with Gasteiger partial charge in [-0.25, -0.2) is 0 Å². The van der Waals surface area contributed by atoms with Gasteiger partial charge >= 0.3 is 0 Å². The van der Waals surface area contributed by atoms with Gasteiger partial charge in [-0.2, -0.15) is 10.2 Å². The summed E-state index contributed by atoms with van der Waals surface area (Å²) in [5.41, 5.74) is 10.0. The SMILES string of the molecule is C/C=C\C(=C/C)C(=NNc1cc(CNC)sc1/C=N/N=C(c1ccccc1)c1ccccc1)c1ccccc1. The van der Waals surface area contributed by atoms with Crippen LogP contribution in [0.2, 0.25) is 0 Å². The van der Waals surface area contributed by atoms with Gasteiger partial charge in [0.15, 0.2) is 0 Å². The molecule has 0 saturated heterocycles. The first kappa shape index (κ1) is 27.6. The van der Waals surface area contributed by atoms with Gasteiger partial charge < -0.3 is 5.32 Å². The maximum absolute atomic E-state index is 4.86. The summed E-state index contributed by atoms with van der Waals surface area (Å²) in [7, 11) is 1.94. The van der Waals surface area contributed by atoms with Crippen molar-refractivity contribution in [3.8, 4) is 0 Å². The molecule has 2 N–H and O–H groups in total. The van der Waals surface area contributed by atoms with E-state index in [0.717, 1.165) is 50.8 Å². The zero-order chi connectivity index (χ0) is 27.3. The minimum Gasteiger partial charge on any atom is -0.315 e. The lowest BCUT2D eigenvalue weighted by atomic mass is 10.0. The lowest BCUT2D eigenvalue weighted by molar-refractivity contribution is 0.831. The van der Waals surface area contributed by atoms with E-state index >= 15 is 0 Å². The molecule has 0 aliphatic rings. The number of benzene rings is 3. The molecule has 1 heterocycles. The highest BCUT2D eigenvalue weighted by atomic mass is 32.1. The third-order valence-electron chi connectivity index (χ3n) is 5.86. The van der Waals surface area contributed by atoms with Crippen LogP contribution in [0, 0.1) is 0 Å². The minimum absolute atomic E-state index is 0.754. The Morgan fingerprint density at radius 3 is 1.95 bits per heavy atom. The normalized spacial score (nSPS) is 12.3. The summed E-state index contributed by atoms with van der Waals surface area (Å²) in [5, 5.41) is 17.3. The van der Waals surface area contributed by atoms with Crippen molar-refractivity contribution in [3.63, 3.8) is 0 Å². The maximum atomic E-state index is 4.86. The Balaban J connectivity index is 1.70. The number of thiophene rings is 1. The summed E-state index contributed by atoms with van der Waals surface area (Å²) >= 11 is 1.66. The van der Waals surface area contributed by atoms with Gasteiger partial charge in [0.1, 0.15) is 5.71 Å². The van der Waals surface area contributed by atoms with Crippen molar-refractivity contribution in [2.75, 3.05) is 12.5 Å². The molecule has 0 spiro atoms. The van der Waals surface area contributed by atoms with Crippen molar-refractivity contribution >= 4 is 34.7 Å². The Labute approximate surface area is 235 Å². The highest BCUT2D eigenvalue weighted by Gasteiger charge is 2.11. The van der Waals surface area contributed by atoms with Gasteiger partial charge in [-0.1, -0.05) is 109 Å². The van der Waals surface area contributed by atoms with E-state index in [0.29, 0.717) is 0 Å². The Kier molecular flexibility index (Phi) is 10.3. The number of rotatable bonds is 11. The Bertz CT molecular complexity index is 1440. The number of anilines is 1. The number of nitrogens with zero attached hydrogens (tertiary/aromatic N) is 3. The van der Waals surface area contributed by atoms with Crippen molar-refractivity contribution in [3.05, 3.63) is 147 Å². The zero-order valence-corrected chi connectivity index (χ0v) is 23.3. The van der Waals surface area contributed by atoms with Gasteiger partial charge in [-0.05, 0) is 32.5 Å². The first-order chi connectivity index (χ1) is 19.2. The lowest BCUT2D eigenvalue weighted by Crippen LogP contribution is -2.07. The smallest absolute Gasteiger partial charge is 0.100 e. The van der Waals surface area contributed by atoms with Crippen LogP contribution in [-0.2, 0) is 6.54 Å². The van der Waals surface area contributed by atoms with E-state index in [-0.39, 0.29) is 0 Å². The molecule has 0 aliphatic heterocycles. The number of nitrogens with one attached hydrogen (secondary N) is 2. The third-order valence-corrected chi connectivity index (χ3v) is 6.93. The molecule has 0 aliphatic carbocycles. The Hall–Kier alpha value is -4.39. The van der Waals surface area contributed by atoms with E-state index in [1.54, 1.807) is 17.6 Å². The van der Waals surface area contributed by atoms with Gasteiger partial charge in [0.05, 0.1) is 22.5 Å². The monoisotopic (exact) mass is 531 g/mol. The van der Waals surface area contributed by atoms with E-state index in [2.05, 4.69) is 51.3 Å². The van der Waals surface area contributed by atoms with E-state index < -0.39 is 0 Å². The highest BCUT2D eigenvalue weighted by Crippen LogP contribution is 2.27. The van der Waals surface area contributed by atoms with Crippen LogP contribution in [0.3, 0.4) is 0 Å². The average Bonchev–Trinajstić information content (AvgIpc) is 3.37. The standard InChI is InChI=1S/C33H33N5S/c1-4-15-25(5-2)32(26-16-9-6-10-17-26)38-36-30-22-29(23-34-3)39-31(30)24-35-37-33(27-18-11-7-12-19-27)28-20-13-8-14-21-28/h4-22,24,34,36H,23H2,1-3H3/b15-4-,25-5+,35-24+,38-32?. The van der Waals surface area contributed by atoms with Crippen molar-refractivity contribution < 1.29 is 0 Å². The molecule has 0 saturated carbocycles. The van der Waals surface area contributed by atoms with Crippen LogP contribution in [0.1, 0.15) is 40.3 Å². The molecule has 196 valence electrons. The van der Waals surface area contributed by atoms with Crippen LogP contribution in [0.15, 0.2) is 136 Å². The summed E-state index contributed by atoms with van der Waals surface area (Å²) in [5.74, 6) is 0. The molecule has 5 nitrogen and oxygen atoms in total. The summed E-state index contributed by atoms with van der Waals surface area (Å²) in [6.45, 7) is 4.79. The van der Waals surface area contributed by atoms with Gasteiger partial charge in [0, 0.05) is 28.1 Å². The van der Waals surface area contributed by atoms with Gasteiger partial charge in [-0.3, -0.25) is 5.43 Å². The van der Waals surface area contributed by atoms with E-state index in [1.807, 2.05) is 106 Å². The predicted octanol–water partition coefficient (Wildman–Crippen LogP) is 7.68. The molecule has 4 aromatic rings. The zero-order valence-electron chi connectivity index (χ0n) is 22.5. The molecule has 39 heavy (non-hydrogen) atoms. The number of hydrazone groups is 1. The molecule has 6 heteroatoms. The molecule has 0 unspecified atom stereocenters. The summed E-state index contributed by atoms with van der Waals surface area (Å²) in [6.07, 6.45) is 7.97. The van der Waals surface area contributed by atoms with Crippen LogP contribution in [0.25, 0.3) is 0 Å². The molecule has 0 bridgehead atoms. The second-order valence-electron chi connectivity index (χ2n) is 8.63. The average molecular weight is 532 g/mol. The van der Waals surface area contributed by atoms with Crippen molar-refractivity contribution in [2.24, 2.45) is 15.3 Å². The van der Waals surface area contributed by atoms with Gasteiger partial charge in [0.2, 0.25) is 0 Å². The Morgan fingerprint density at radius 2 is 1.41 bits per heavy atom. The maximum Gasteiger partial charge on any atom is 0.100 e.